The molecule has 1 aromatic rings. The molecule has 1 aromatic carbocycles. The number of rotatable bonds is 2. The first-order valence-corrected chi connectivity index (χ1v) is 5.47. The fourth-order valence-corrected chi connectivity index (χ4v) is 1.88. The average Bonchev–Trinajstić information content (AvgIpc) is 2.09. The Morgan fingerprint density at radius 2 is 1.53 bits per heavy atom. The lowest BCUT2D eigenvalue weighted by molar-refractivity contribution is 0.404. The van der Waals surface area contributed by atoms with E-state index in [0.29, 0.717) is 5.41 Å². The molecule has 0 bridgehead atoms. The second-order valence-corrected chi connectivity index (χ2v) is 5.48. The van der Waals surface area contributed by atoms with Crippen LogP contribution in [0.4, 0.5) is 0 Å². The second-order valence-electron chi connectivity index (χ2n) is 5.48. The summed E-state index contributed by atoms with van der Waals surface area (Å²) in [6.45, 7) is 11.1. The van der Waals surface area contributed by atoms with Crippen molar-refractivity contribution in [1.29, 1.82) is 0 Å². The number of ether oxygens (including phenoxy) is 1. The maximum atomic E-state index is 5.26. The minimum atomic E-state index is 0.337. The SMILES string of the molecule is COc1cc(C)c(CC(C)(C)C)c(C)c1. The number of aryl methyl sites for hydroxylation is 2. The van der Waals surface area contributed by atoms with E-state index in [2.05, 4.69) is 46.8 Å². The topological polar surface area (TPSA) is 9.23 Å². The Morgan fingerprint density at radius 1 is 1.07 bits per heavy atom. The number of hydrogen-bond acceptors (Lipinski definition) is 1. The third-order valence-electron chi connectivity index (χ3n) is 2.61. The van der Waals surface area contributed by atoms with Gasteiger partial charge in [0, 0.05) is 0 Å². The molecule has 0 spiro atoms. The quantitative estimate of drug-likeness (QED) is 0.713. The molecule has 0 atom stereocenters. The van der Waals surface area contributed by atoms with E-state index >= 15 is 0 Å². The molecule has 84 valence electrons. The summed E-state index contributed by atoms with van der Waals surface area (Å²) in [5, 5.41) is 0. The molecule has 0 aliphatic carbocycles. The molecule has 0 unspecified atom stereocenters. The van der Waals surface area contributed by atoms with Gasteiger partial charge >= 0.3 is 0 Å². The van der Waals surface area contributed by atoms with E-state index < -0.39 is 0 Å². The van der Waals surface area contributed by atoms with Crippen molar-refractivity contribution in [3.8, 4) is 5.75 Å². The summed E-state index contributed by atoms with van der Waals surface area (Å²) in [7, 11) is 1.72. The van der Waals surface area contributed by atoms with Gasteiger partial charge in [0.25, 0.3) is 0 Å². The van der Waals surface area contributed by atoms with Crippen molar-refractivity contribution in [2.75, 3.05) is 7.11 Å². The molecule has 1 heteroatoms. The first kappa shape index (κ1) is 12.1. The molecule has 0 saturated heterocycles. The zero-order valence-electron chi connectivity index (χ0n) is 10.8. The van der Waals surface area contributed by atoms with Crippen molar-refractivity contribution in [2.24, 2.45) is 5.41 Å². The Labute approximate surface area is 93.5 Å². The molecule has 0 saturated carbocycles. The maximum Gasteiger partial charge on any atom is 0.119 e. The summed E-state index contributed by atoms with van der Waals surface area (Å²) in [6.07, 6.45) is 1.12. The molecule has 0 radical (unpaired) electrons. The third-order valence-corrected chi connectivity index (χ3v) is 2.61. The normalized spacial score (nSPS) is 11.6. The monoisotopic (exact) mass is 206 g/mol. The van der Waals surface area contributed by atoms with Crippen LogP contribution in [0.3, 0.4) is 0 Å². The summed E-state index contributed by atoms with van der Waals surface area (Å²) in [4.78, 5) is 0. The fourth-order valence-electron chi connectivity index (χ4n) is 1.88. The van der Waals surface area contributed by atoms with E-state index in [9.17, 15) is 0 Å². The summed E-state index contributed by atoms with van der Waals surface area (Å²) in [5.74, 6) is 0.961. The van der Waals surface area contributed by atoms with Crippen LogP contribution in [0.5, 0.6) is 5.75 Å². The summed E-state index contributed by atoms with van der Waals surface area (Å²) in [5.41, 5.74) is 4.47. The highest BCUT2D eigenvalue weighted by atomic mass is 16.5. The molecule has 0 aromatic heterocycles. The van der Waals surface area contributed by atoms with Crippen LogP contribution < -0.4 is 4.74 Å². The molecule has 0 aliphatic rings. The highest BCUT2D eigenvalue weighted by molar-refractivity contribution is 5.41. The van der Waals surface area contributed by atoms with E-state index in [0.717, 1.165) is 12.2 Å². The molecule has 1 nitrogen and oxygen atoms in total. The third kappa shape index (κ3) is 3.26. The Bertz CT molecular complexity index is 322. The zero-order valence-corrected chi connectivity index (χ0v) is 10.8. The molecule has 0 N–H and O–H groups in total. The predicted octanol–water partition coefficient (Wildman–Crippen LogP) is 3.90. The average molecular weight is 206 g/mol. The lowest BCUT2D eigenvalue weighted by atomic mass is 9.84. The van der Waals surface area contributed by atoms with Gasteiger partial charge in [-0.2, -0.15) is 0 Å². The number of methoxy groups -OCH3 is 1. The molecule has 15 heavy (non-hydrogen) atoms. The first-order valence-electron chi connectivity index (χ1n) is 5.47. The molecule has 1 rings (SSSR count). The van der Waals surface area contributed by atoms with E-state index in [-0.39, 0.29) is 0 Å². The molecular formula is C14H22O. The molecule has 0 fully saturated rings. The maximum absolute atomic E-state index is 5.26. The van der Waals surface area contributed by atoms with Crippen molar-refractivity contribution in [3.05, 3.63) is 28.8 Å². The van der Waals surface area contributed by atoms with Gasteiger partial charge in [0.1, 0.15) is 5.75 Å². The van der Waals surface area contributed by atoms with Crippen LogP contribution in [0, 0.1) is 19.3 Å². The van der Waals surface area contributed by atoms with Crippen molar-refractivity contribution in [3.63, 3.8) is 0 Å². The Balaban J connectivity index is 3.09. The lowest BCUT2D eigenvalue weighted by Gasteiger charge is -2.21. The van der Waals surface area contributed by atoms with E-state index in [1.165, 1.54) is 16.7 Å². The van der Waals surface area contributed by atoms with Gasteiger partial charge in [-0.1, -0.05) is 20.8 Å². The molecule has 0 heterocycles. The van der Waals surface area contributed by atoms with Crippen molar-refractivity contribution >= 4 is 0 Å². The number of benzene rings is 1. The van der Waals surface area contributed by atoms with Gasteiger partial charge in [0.05, 0.1) is 7.11 Å². The van der Waals surface area contributed by atoms with Gasteiger partial charge in [-0.3, -0.25) is 0 Å². The minimum Gasteiger partial charge on any atom is -0.497 e. The van der Waals surface area contributed by atoms with Gasteiger partial charge in [0.15, 0.2) is 0 Å². The summed E-state index contributed by atoms with van der Waals surface area (Å²) >= 11 is 0. The van der Waals surface area contributed by atoms with E-state index in [1.54, 1.807) is 7.11 Å². The highest BCUT2D eigenvalue weighted by Crippen LogP contribution is 2.28. The smallest absolute Gasteiger partial charge is 0.119 e. The summed E-state index contributed by atoms with van der Waals surface area (Å²) < 4.78 is 5.26. The van der Waals surface area contributed by atoms with Gasteiger partial charge < -0.3 is 4.74 Å². The number of hydrogen-bond donors (Lipinski definition) is 0. The standard InChI is InChI=1S/C14H22O/c1-10-7-12(15-6)8-11(2)13(10)9-14(3,4)5/h7-8H,9H2,1-6H3. The summed E-state index contributed by atoms with van der Waals surface area (Å²) in [6, 6.07) is 4.24. The van der Waals surface area contributed by atoms with Crippen LogP contribution >= 0.6 is 0 Å². The van der Waals surface area contributed by atoms with E-state index in [1.807, 2.05) is 0 Å². The van der Waals surface area contributed by atoms with Crippen molar-refractivity contribution in [1.82, 2.24) is 0 Å². The van der Waals surface area contributed by atoms with Gasteiger partial charge in [-0.15, -0.1) is 0 Å². The van der Waals surface area contributed by atoms with Gasteiger partial charge in [-0.05, 0) is 54.5 Å². The highest BCUT2D eigenvalue weighted by Gasteiger charge is 2.15. The molecular weight excluding hydrogens is 184 g/mol. The zero-order chi connectivity index (χ0) is 11.6. The van der Waals surface area contributed by atoms with Crippen LogP contribution in [0.25, 0.3) is 0 Å². The molecule has 0 amide bonds. The predicted molar refractivity (Wildman–Crippen MR) is 65.6 cm³/mol. The van der Waals surface area contributed by atoms with Crippen molar-refractivity contribution in [2.45, 2.75) is 41.0 Å². The Kier molecular flexibility index (Phi) is 3.43. The second kappa shape index (κ2) is 4.26. The van der Waals surface area contributed by atoms with Crippen LogP contribution in [0.2, 0.25) is 0 Å². The fraction of sp³-hybridized carbons (Fsp3) is 0.571. The lowest BCUT2D eigenvalue weighted by Crippen LogP contribution is -2.11. The minimum absolute atomic E-state index is 0.337. The van der Waals surface area contributed by atoms with Crippen LogP contribution in [0.1, 0.15) is 37.5 Å². The van der Waals surface area contributed by atoms with Crippen LogP contribution in [0.15, 0.2) is 12.1 Å². The largest absolute Gasteiger partial charge is 0.497 e. The first-order chi connectivity index (χ1) is 6.83. The Hall–Kier alpha value is -0.980. The van der Waals surface area contributed by atoms with Gasteiger partial charge in [0.2, 0.25) is 0 Å². The molecule has 0 aliphatic heterocycles. The Morgan fingerprint density at radius 3 is 1.87 bits per heavy atom. The van der Waals surface area contributed by atoms with Crippen LogP contribution in [-0.2, 0) is 6.42 Å². The van der Waals surface area contributed by atoms with E-state index in [4.69, 9.17) is 4.74 Å². The van der Waals surface area contributed by atoms with Crippen molar-refractivity contribution < 1.29 is 4.74 Å². The van der Waals surface area contributed by atoms with Crippen LogP contribution in [-0.4, -0.2) is 7.11 Å². The van der Waals surface area contributed by atoms with Gasteiger partial charge in [-0.25, -0.2) is 0 Å².